The van der Waals surface area contributed by atoms with Crippen LogP contribution < -0.4 is 10.5 Å². The lowest BCUT2D eigenvalue weighted by Gasteiger charge is -2.37. The van der Waals surface area contributed by atoms with E-state index in [2.05, 4.69) is 0 Å². The van der Waals surface area contributed by atoms with Gasteiger partial charge in [-0.25, -0.2) is 4.39 Å². The maximum absolute atomic E-state index is 14.6. The minimum absolute atomic E-state index is 0.0407. The topological polar surface area (TPSA) is 85.3 Å². The molecule has 1 aromatic rings. The Labute approximate surface area is 145 Å². The number of hydrogen-bond acceptors (Lipinski definition) is 5. The van der Waals surface area contributed by atoms with E-state index in [0.717, 1.165) is 0 Å². The lowest BCUT2D eigenvalue weighted by molar-refractivity contribution is -0.119. The van der Waals surface area contributed by atoms with E-state index in [1.807, 2.05) is 19.9 Å². The second kappa shape index (κ2) is 5.92. The molecular weight excluding hydrogens is 323 g/mol. The van der Waals surface area contributed by atoms with Gasteiger partial charge in [-0.2, -0.15) is 5.26 Å². The van der Waals surface area contributed by atoms with Gasteiger partial charge in [-0.05, 0) is 23.6 Å². The first-order chi connectivity index (χ1) is 11.8. The molecule has 0 saturated carbocycles. The van der Waals surface area contributed by atoms with Crippen LogP contribution in [-0.2, 0) is 9.53 Å². The molecule has 130 valence electrons. The second-order valence-electron chi connectivity index (χ2n) is 7.09. The van der Waals surface area contributed by atoms with Crippen LogP contribution in [0.15, 0.2) is 41.0 Å². The Balaban J connectivity index is 2.23. The van der Waals surface area contributed by atoms with Gasteiger partial charge in [-0.15, -0.1) is 0 Å². The van der Waals surface area contributed by atoms with Crippen molar-refractivity contribution < 1.29 is 18.7 Å². The van der Waals surface area contributed by atoms with E-state index in [4.69, 9.17) is 15.2 Å². The van der Waals surface area contributed by atoms with E-state index in [9.17, 15) is 14.4 Å². The molecule has 1 atom stereocenters. The maximum atomic E-state index is 14.6. The zero-order valence-corrected chi connectivity index (χ0v) is 14.4. The van der Waals surface area contributed by atoms with Crippen LogP contribution in [0.4, 0.5) is 4.39 Å². The number of methoxy groups -OCH3 is 1. The highest BCUT2D eigenvalue weighted by Gasteiger charge is 2.43. The summed E-state index contributed by atoms with van der Waals surface area (Å²) >= 11 is 0. The molecule has 1 heterocycles. The number of rotatable bonds is 2. The molecule has 6 heteroatoms. The number of nitriles is 1. The van der Waals surface area contributed by atoms with Gasteiger partial charge in [0, 0.05) is 24.0 Å². The van der Waals surface area contributed by atoms with Crippen LogP contribution in [0.5, 0.6) is 5.75 Å². The van der Waals surface area contributed by atoms with Crippen molar-refractivity contribution in [1.29, 1.82) is 5.26 Å². The highest BCUT2D eigenvalue weighted by Crippen LogP contribution is 2.48. The van der Waals surface area contributed by atoms with Crippen molar-refractivity contribution in [3.8, 4) is 11.8 Å². The van der Waals surface area contributed by atoms with Gasteiger partial charge >= 0.3 is 0 Å². The van der Waals surface area contributed by atoms with E-state index >= 15 is 0 Å². The van der Waals surface area contributed by atoms with Crippen molar-refractivity contribution in [2.75, 3.05) is 7.11 Å². The summed E-state index contributed by atoms with van der Waals surface area (Å²) in [4.78, 5) is 12.8. The third-order valence-electron chi connectivity index (χ3n) is 4.59. The van der Waals surface area contributed by atoms with Crippen LogP contribution in [0.3, 0.4) is 0 Å². The number of hydrogen-bond donors (Lipinski definition) is 1. The highest BCUT2D eigenvalue weighted by atomic mass is 19.1. The first-order valence-electron chi connectivity index (χ1n) is 7.94. The fourth-order valence-electron chi connectivity index (χ4n) is 3.47. The van der Waals surface area contributed by atoms with Gasteiger partial charge in [-0.3, -0.25) is 4.79 Å². The molecule has 1 aliphatic carbocycles. The van der Waals surface area contributed by atoms with Crippen LogP contribution in [0.2, 0.25) is 0 Å². The number of carbonyl (C=O) groups is 1. The molecule has 0 fully saturated rings. The minimum Gasteiger partial charge on any atom is -0.497 e. The Kier molecular flexibility index (Phi) is 4.03. The summed E-state index contributed by atoms with van der Waals surface area (Å²) in [6.45, 7) is 3.91. The van der Waals surface area contributed by atoms with Gasteiger partial charge in [0.1, 0.15) is 29.0 Å². The third-order valence-corrected chi connectivity index (χ3v) is 4.59. The zero-order chi connectivity index (χ0) is 18.4. The van der Waals surface area contributed by atoms with E-state index in [1.54, 1.807) is 0 Å². The van der Waals surface area contributed by atoms with Gasteiger partial charge in [0.2, 0.25) is 5.88 Å². The molecule has 3 rings (SSSR count). The van der Waals surface area contributed by atoms with Crippen LogP contribution in [0.25, 0.3) is 0 Å². The number of halogens is 1. The van der Waals surface area contributed by atoms with Crippen molar-refractivity contribution in [2.24, 2.45) is 11.1 Å². The molecule has 0 amide bonds. The lowest BCUT2D eigenvalue weighted by atomic mass is 9.70. The van der Waals surface area contributed by atoms with E-state index in [1.165, 1.54) is 25.3 Å². The van der Waals surface area contributed by atoms with Gasteiger partial charge in [0.15, 0.2) is 5.78 Å². The van der Waals surface area contributed by atoms with Gasteiger partial charge in [0.25, 0.3) is 0 Å². The molecule has 0 radical (unpaired) electrons. The van der Waals surface area contributed by atoms with Crippen LogP contribution in [-0.4, -0.2) is 12.9 Å². The number of nitrogens with two attached hydrogens (primary N) is 1. The molecule has 0 unspecified atom stereocenters. The maximum Gasteiger partial charge on any atom is 0.205 e. The first kappa shape index (κ1) is 17.0. The van der Waals surface area contributed by atoms with Crippen molar-refractivity contribution in [1.82, 2.24) is 0 Å². The normalized spacial score (nSPS) is 22.2. The molecule has 0 spiro atoms. The Bertz CT molecular complexity index is 862. The average Bonchev–Trinajstić information content (AvgIpc) is 2.53. The summed E-state index contributed by atoms with van der Waals surface area (Å²) in [7, 11) is 1.47. The average molecular weight is 342 g/mol. The van der Waals surface area contributed by atoms with E-state index in [0.29, 0.717) is 29.9 Å². The van der Waals surface area contributed by atoms with Crippen LogP contribution in [0, 0.1) is 22.6 Å². The fraction of sp³-hybridized carbons (Fsp3) is 0.368. The second-order valence-corrected chi connectivity index (χ2v) is 7.09. The standard InChI is InChI=1S/C19H19FN2O3/c1-19(2)7-14(23)17-15(8-19)25-18(22)12(9-21)16(17)11-6-10(24-3)4-5-13(11)20/h4-6,16H,7-8,22H2,1-3H3/t16-/m1/s1. The van der Waals surface area contributed by atoms with Crippen LogP contribution >= 0.6 is 0 Å². The fourth-order valence-corrected chi connectivity index (χ4v) is 3.47. The van der Waals surface area contributed by atoms with Crippen LogP contribution in [0.1, 0.15) is 38.2 Å². The Morgan fingerprint density at radius 2 is 2.12 bits per heavy atom. The molecule has 2 N–H and O–H groups in total. The molecule has 0 aromatic heterocycles. The summed E-state index contributed by atoms with van der Waals surface area (Å²) < 4.78 is 25.3. The summed E-state index contributed by atoms with van der Waals surface area (Å²) in [5, 5.41) is 9.53. The summed E-state index contributed by atoms with van der Waals surface area (Å²) in [5.74, 6) is -0.794. The molecular formula is C19H19FN2O3. The van der Waals surface area contributed by atoms with E-state index < -0.39 is 11.7 Å². The van der Waals surface area contributed by atoms with Gasteiger partial charge < -0.3 is 15.2 Å². The number of ketones is 1. The minimum atomic E-state index is -0.882. The predicted molar refractivity (Wildman–Crippen MR) is 88.7 cm³/mol. The van der Waals surface area contributed by atoms with Gasteiger partial charge in [-0.1, -0.05) is 13.8 Å². The van der Waals surface area contributed by atoms with Crippen molar-refractivity contribution >= 4 is 5.78 Å². The predicted octanol–water partition coefficient (Wildman–Crippen LogP) is 3.29. The van der Waals surface area contributed by atoms with Crippen molar-refractivity contribution in [3.05, 3.63) is 52.4 Å². The molecule has 2 aliphatic rings. The largest absolute Gasteiger partial charge is 0.497 e. The Morgan fingerprint density at radius 1 is 1.40 bits per heavy atom. The molecule has 1 aromatic carbocycles. The molecule has 1 aliphatic heterocycles. The molecule has 0 bridgehead atoms. The lowest BCUT2D eigenvalue weighted by Crippen LogP contribution is -2.33. The SMILES string of the molecule is COc1ccc(F)c([C@@H]2C(C#N)=C(N)OC3=C2C(=O)CC(C)(C)C3)c1. The smallest absolute Gasteiger partial charge is 0.205 e. The number of Topliss-reactive ketones (excluding diaryl/α,β-unsaturated/α-hetero) is 1. The molecule has 5 nitrogen and oxygen atoms in total. The number of ether oxygens (including phenoxy) is 2. The van der Waals surface area contributed by atoms with E-state index in [-0.39, 0.29) is 28.2 Å². The monoisotopic (exact) mass is 342 g/mol. The van der Waals surface area contributed by atoms with Crippen molar-refractivity contribution in [3.63, 3.8) is 0 Å². The summed E-state index contributed by atoms with van der Waals surface area (Å²) in [6.07, 6.45) is 0.797. The first-order valence-corrected chi connectivity index (χ1v) is 7.94. The number of benzene rings is 1. The number of nitrogens with zero attached hydrogens (tertiary/aromatic N) is 1. The quantitative estimate of drug-likeness (QED) is 0.891. The number of allylic oxidation sites excluding steroid dienone is 3. The highest BCUT2D eigenvalue weighted by molar-refractivity contribution is 6.00. The van der Waals surface area contributed by atoms with Gasteiger partial charge in [0.05, 0.1) is 13.0 Å². The molecule has 0 saturated heterocycles. The summed E-state index contributed by atoms with van der Waals surface area (Å²) in [5.41, 5.74) is 6.18. The zero-order valence-electron chi connectivity index (χ0n) is 14.4. The summed E-state index contributed by atoms with van der Waals surface area (Å²) in [6, 6.07) is 6.21. The Hall–Kier alpha value is -2.81. The number of carbonyl (C=O) groups excluding carboxylic acids is 1. The van der Waals surface area contributed by atoms with Crippen molar-refractivity contribution in [2.45, 2.75) is 32.6 Å². The third kappa shape index (κ3) is 2.86. The molecule has 25 heavy (non-hydrogen) atoms. The Morgan fingerprint density at radius 3 is 2.76 bits per heavy atom.